The van der Waals surface area contributed by atoms with Crippen LogP contribution in [0, 0.1) is 0 Å². The van der Waals surface area contributed by atoms with Gasteiger partial charge in [-0.1, -0.05) is 54.6 Å². The van der Waals surface area contributed by atoms with Crippen molar-refractivity contribution in [2.45, 2.75) is 36.1 Å². The normalized spacial score (nSPS) is 14.4. The van der Waals surface area contributed by atoms with Crippen LogP contribution in [0.4, 0.5) is 35.1 Å². The SMILES string of the molecule is O=S(=O)(OS(c1ccccc1)(c1ccccc1)c1ccccc1)C(F)(F)C(F)(F)OC(F)(F)C(F)(F)I. The average molecular weight is 686 g/mol. The number of alkyl halides is 9. The van der Waals surface area contributed by atoms with Crippen molar-refractivity contribution in [3.63, 3.8) is 0 Å². The lowest BCUT2D eigenvalue weighted by Gasteiger charge is -2.40. The maximum absolute atomic E-state index is 14.8. The van der Waals surface area contributed by atoms with Crippen molar-refractivity contribution in [2.75, 3.05) is 0 Å². The van der Waals surface area contributed by atoms with Gasteiger partial charge in [-0.3, -0.25) is 0 Å². The van der Waals surface area contributed by atoms with Crippen molar-refractivity contribution in [1.29, 1.82) is 0 Å². The molecule has 3 aromatic carbocycles. The molecule has 0 radical (unpaired) electrons. The lowest BCUT2D eigenvalue weighted by atomic mass is 10.4. The van der Waals surface area contributed by atoms with Gasteiger partial charge in [-0.2, -0.15) is 43.5 Å². The average Bonchev–Trinajstić information content (AvgIpc) is 2.82. The zero-order valence-corrected chi connectivity index (χ0v) is 21.8. The molecule has 15 heteroatoms. The fourth-order valence-electron chi connectivity index (χ4n) is 2.96. The minimum Gasteiger partial charge on any atom is -0.244 e. The Morgan fingerprint density at radius 2 is 0.892 bits per heavy atom. The third-order valence-corrected chi connectivity index (χ3v) is 10.5. The van der Waals surface area contributed by atoms with Crippen molar-refractivity contribution in [3.05, 3.63) is 91.0 Å². The van der Waals surface area contributed by atoms with Crippen LogP contribution in [0.2, 0.25) is 0 Å². The molecule has 0 amide bonds. The van der Waals surface area contributed by atoms with Crippen LogP contribution in [0.15, 0.2) is 106 Å². The second-order valence-electron chi connectivity index (χ2n) is 7.17. The minimum atomic E-state index is -6.89. The molecule has 0 aliphatic carbocycles. The smallest absolute Gasteiger partial charge is 0.244 e. The molecule has 0 saturated heterocycles. The van der Waals surface area contributed by atoms with Gasteiger partial charge in [-0.05, 0) is 46.7 Å². The first-order valence-electron chi connectivity index (χ1n) is 9.82. The largest absolute Gasteiger partial charge is 0.461 e. The molecule has 0 aromatic heterocycles. The van der Waals surface area contributed by atoms with Crippen LogP contribution in [0.25, 0.3) is 0 Å². The summed E-state index contributed by atoms with van der Waals surface area (Å²) in [5, 5.41) is -6.54. The van der Waals surface area contributed by atoms with E-state index in [2.05, 4.69) is 4.74 Å². The lowest BCUT2D eigenvalue weighted by Crippen LogP contribution is -2.55. The highest BCUT2D eigenvalue weighted by Crippen LogP contribution is 2.71. The summed E-state index contributed by atoms with van der Waals surface area (Å²) in [6.07, 6.45) is -12.8. The van der Waals surface area contributed by atoms with Gasteiger partial charge in [0.25, 0.3) is 0 Å². The summed E-state index contributed by atoms with van der Waals surface area (Å²) in [7, 11) is -10.7. The molecule has 202 valence electrons. The topological polar surface area (TPSA) is 52.6 Å². The maximum Gasteiger partial charge on any atom is 0.461 e. The molecule has 0 spiro atoms. The second-order valence-corrected chi connectivity index (χ2v) is 13.0. The van der Waals surface area contributed by atoms with Crippen molar-refractivity contribution in [3.8, 4) is 0 Å². The van der Waals surface area contributed by atoms with E-state index in [0.29, 0.717) is 0 Å². The lowest BCUT2D eigenvalue weighted by molar-refractivity contribution is -0.438. The fourth-order valence-corrected chi connectivity index (χ4v) is 8.20. The second kappa shape index (κ2) is 10.3. The van der Waals surface area contributed by atoms with Crippen molar-refractivity contribution in [1.82, 2.24) is 0 Å². The van der Waals surface area contributed by atoms with Crippen LogP contribution < -0.4 is 0 Å². The number of hydrogen-bond acceptors (Lipinski definition) is 4. The first-order valence-corrected chi connectivity index (χ1v) is 13.9. The zero-order valence-electron chi connectivity index (χ0n) is 18.0. The first-order chi connectivity index (χ1) is 17.0. The fraction of sp³-hybridized carbons (Fsp3) is 0.182. The predicted octanol–water partition coefficient (Wildman–Crippen LogP) is 8.05. The number of benzene rings is 3. The summed E-state index contributed by atoms with van der Waals surface area (Å²) in [5.74, 6) is 0. The van der Waals surface area contributed by atoms with Crippen LogP contribution >= 0.6 is 32.9 Å². The van der Waals surface area contributed by atoms with Gasteiger partial charge in [0.1, 0.15) is 0 Å². The Morgan fingerprint density at radius 3 is 1.19 bits per heavy atom. The summed E-state index contributed by atoms with van der Waals surface area (Å²) in [4.78, 5) is -0.125. The molecule has 0 bridgehead atoms. The summed E-state index contributed by atoms with van der Waals surface area (Å²) in [5.41, 5.74) is 0. The molecule has 0 unspecified atom stereocenters. The molecule has 0 N–H and O–H groups in total. The van der Waals surface area contributed by atoms with Crippen LogP contribution in [0.3, 0.4) is 0 Å². The van der Waals surface area contributed by atoms with Gasteiger partial charge in [-0.25, -0.2) is 8.37 Å². The van der Waals surface area contributed by atoms with E-state index in [1.54, 1.807) is 0 Å². The van der Waals surface area contributed by atoms with Gasteiger partial charge in [0.05, 0.1) is 0 Å². The minimum absolute atomic E-state index is 0.0415. The Bertz CT molecular complexity index is 1210. The molecule has 37 heavy (non-hydrogen) atoms. The number of halogens is 9. The Kier molecular flexibility index (Phi) is 8.25. The van der Waals surface area contributed by atoms with E-state index in [1.165, 1.54) is 91.0 Å². The highest BCUT2D eigenvalue weighted by Gasteiger charge is 2.75. The van der Waals surface area contributed by atoms with Crippen LogP contribution in [-0.2, 0) is 18.5 Å². The monoisotopic (exact) mass is 686 g/mol. The predicted molar refractivity (Wildman–Crippen MR) is 127 cm³/mol. The molecule has 4 nitrogen and oxygen atoms in total. The van der Waals surface area contributed by atoms with Crippen molar-refractivity contribution in [2.24, 2.45) is 0 Å². The van der Waals surface area contributed by atoms with Gasteiger partial charge < -0.3 is 0 Å². The molecule has 0 fully saturated rings. The zero-order chi connectivity index (χ0) is 27.8. The molecule has 0 saturated carbocycles. The standard InChI is InChI=1S/C22H15F8IO4S2/c23-19(24,31)20(25,26)34-21(27,28)22(29,30)37(32,33)35-36(16-10-4-1-5-11-16,17-12-6-2-7-13-17)18-14-8-3-9-15-18/h1-15H. The van der Waals surface area contributed by atoms with E-state index in [1.807, 2.05) is 0 Å². The van der Waals surface area contributed by atoms with Gasteiger partial charge in [-0.15, -0.1) is 0 Å². The van der Waals surface area contributed by atoms with Crippen molar-refractivity contribution < 1.29 is 51.9 Å². The van der Waals surface area contributed by atoms with E-state index in [-0.39, 0.29) is 37.3 Å². The van der Waals surface area contributed by atoms with E-state index in [4.69, 9.17) is 3.63 Å². The van der Waals surface area contributed by atoms with E-state index >= 15 is 0 Å². The van der Waals surface area contributed by atoms with Gasteiger partial charge >= 0.3 is 31.5 Å². The third-order valence-electron chi connectivity index (χ3n) is 4.66. The van der Waals surface area contributed by atoms with Gasteiger partial charge in [0.15, 0.2) is 0 Å². The summed E-state index contributed by atoms with van der Waals surface area (Å²) < 4.78 is 139. The summed E-state index contributed by atoms with van der Waals surface area (Å²) in [6.45, 7) is 0. The van der Waals surface area contributed by atoms with Crippen molar-refractivity contribution >= 4 is 43.0 Å². The number of ether oxygens (including phenoxy) is 1. The highest BCUT2D eigenvalue weighted by atomic mass is 127. The van der Waals surface area contributed by atoms with Gasteiger partial charge in [0, 0.05) is 37.3 Å². The Balaban J connectivity index is 2.24. The molecule has 0 heterocycles. The van der Waals surface area contributed by atoms with Gasteiger partial charge in [0.2, 0.25) is 0 Å². The van der Waals surface area contributed by atoms with Crippen LogP contribution in [-0.4, -0.2) is 29.8 Å². The first kappa shape index (κ1) is 29.6. The molecule has 3 aromatic rings. The summed E-state index contributed by atoms with van der Waals surface area (Å²) in [6, 6.07) is 20.7. The van der Waals surface area contributed by atoms with E-state index in [0.717, 1.165) is 0 Å². The Labute approximate surface area is 221 Å². The number of hydrogen-bond donors (Lipinski definition) is 0. The van der Waals surface area contributed by atoms with Crippen LogP contribution in [0.1, 0.15) is 0 Å². The van der Waals surface area contributed by atoms with Crippen LogP contribution in [0.5, 0.6) is 0 Å². The molecule has 0 atom stereocenters. The molecular formula is C22H15F8IO4S2. The molecule has 0 aliphatic heterocycles. The quantitative estimate of drug-likeness (QED) is 0.123. The number of rotatable bonds is 10. The molecule has 3 rings (SSSR count). The maximum atomic E-state index is 14.8. The van der Waals surface area contributed by atoms with E-state index < -0.39 is 41.8 Å². The van der Waals surface area contributed by atoms with E-state index in [9.17, 15) is 43.5 Å². The molecule has 0 aliphatic rings. The third kappa shape index (κ3) is 5.60. The Morgan fingerprint density at radius 1 is 0.568 bits per heavy atom. The summed E-state index contributed by atoms with van der Waals surface area (Å²) >= 11 is -0.309. The highest BCUT2D eigenvalue weighted by molar-refractivity contribution is 14.1. The Hall–Kier alpha value is -1.95. The molecular weight excluding hydrogens is 671 g/mol.